The first-order valence-corrected chi connectivity index (χ1v) is 10.0. The maximum absolute atomic E-state index is 13.4. The van der Waals surface area contributed by atoms with Crippen LogP contribution in [0.3, 0.4) is 0 Å². The summed E-state index contributed by atoms with van der Waals surface area (Å²) in [6.45, 7) is 5.53. The van der Waals surface area contributed by atoms with E-state index in [1.54, 1.807) is 0 Å². The van der Waals surface area contributed by atoms with Crippen molar-refractivity contribution in [2.75, 3.05) is 6.54 Å². The number of nitrogens with one attached hydrogen (secondary N) is 1. The van der Waals surface area contributed by atoms with E-state index in [1.165, 1.54) is 0 Å². The molecule has 2 aromatic heterocycles. The van der Waals surface area contributed by atoms with Crippen LogP contribution in [0.15, 0.2) is 30.3 Å². The second-order valence-corrected chi connectivity index (χ2v) is 7.95. The van der Waals surface area contributed by atoms with Gasteiger partial charge in [0.15, 0.2) is 17.3 Å². The molecule has 1 aliphatic heterocycles. The van der Waals surface area contributed by atoms with Crippen molar-refractivity contribution in [1.82, 2.24) is 29.9 Å². The number of benzene rings is 1. The molecule has 0 fully saturated rings. The van der Waals surface area contributed by atoms with Crippen molar-refractivity contribution in [2.45, 2.75) is 45.7 Å². The van der Waals surface area contributed by atoms with E-state index in [1.807, 2.05) is 39.9 Å². The lowest BCUT2D eigenvalue weighted by molar-refractivity contribution is 0.0529. The topological polar surface area (TPSA) is 79.7 Å². The molecule has 0 unspecified atom stereocenters. The third-order valence-corrected chi connectivity index (χ3v) is 5.79. The van der Waals surface area contributed by atoms with Gasteiger partial charge < -0.3 is 4.90 Å². The van der Waals surface area contributed by atoms with E-state index in [9.17, 15) is 4.79 Å². The molecule has 0 saturated heterocycles. The van der Waals surface area contributed by atoms with Crippen LogP contribution in [-0.4, -0.2) is 42.3 Å². The number of aromatic amines is 1. The quantitative estimate of drug-likeness (QED) is 0.762. The second kappa shape index (κ2) is 6.58. The number of hydrogen-bond acceptors (Lipinski definition) is 4. The van der Waals surface area contributed by atoms with E-state index in [0.29, 0.717) is 18.8 Å². The standard InChI is InChI=1S/C21H24N6O/c1-13(2)18-20-22-19(14-7-4-3-5-8-14)25-27(20)12-11-26(18)21(28)17-15-9-6-10-16(15)23-24-17/h3-5,7-8,13,18H,6,9-12H2,1-2H3,(H,23,24)/t18-/m0/s1. The Labute approximate surface area is 163 Å². The molecule has 0 spiro atoms. The molecule has 28 heavy (non-hydrogen) atoms. The highest BCUT2D eigenvalue weighted by atomic mass is 16.2. The Hall–Kier alpha value is -2.96. The van der Waals surface area contributed by atoms with E-state index in [2.05, 4.69) is 24.0 Å². The van der Waals surface area contributed by atoms with E-state index < -0.39 is 0 Å². The first-order chi connectivity index (χ1) is 13.6. The molecule has 2 aliphatic rings. The van der Waals surface area contributed by atoms with E-state index in [4.69, 9.17) is 10.1 Å². The van der Waals surface area contributed by atoms with Crippen LogP contribution >= 0.6 is 0 Å². The Morgan fingerprint density at radius 2 is 2.00 bits per heavy atom. The summed E-state index contributed by atoms with van der Waals surface area (Å²) in [7, 11) is 0. The predicted octanol–water partition coefficient (Wildman–Crippen LogP) is 3.01. The molecule has 1 N–H and O–H groups in total. The van der Waals surface area contributed by atoms with Gasteiger partial charge in [0, 0.05) is 23.4 Å². The second-order valence-electron chi connectivity index (χ2n) is 7.95. The van der Waals surface area contributed by atoms with Crippen LogP contribution in [0.2, 0.25) is 0 Å². The lowest BCUT2D eigenvalue weighted by atomic mass is 9.99. The molecule has 0 saturated carbocycles. The summed E-state index contributed by atoms with van der Waals surface area (Å²) < 4.78 is 1.96. The third-order valence-electron chi connectivity index (χ3n) is 5.79. The minimum atomic E-state index is -0.111. The van der Waals surface area contributed by atoms with Crippen LogP contribution in [0.1, 0.15) is 53.9 Å². The number of carbonyl (C=O) groups is 1. The van der Waals surface area contributed by atoms with Crippen molar-refractivity contribution in [3.63, 3.8) is 0 Å². The molecule has 0 bridgehead atoms. The van der Waals surface area contributed by atoms with Gasteiger partial charge in [0.25, 0.3) is 5.91 Å². The van der Waals surface area contributed by atoms with Crippen LogP contribution in [0.5, 0.6) is 0 Å². The fourth-order valence-electron chi connectivity index (χ4n) is 4.45. The van der Waals surface area contributed by atoms with E-state index in [-0.39, 0.29) is 17.9 Å². The van der Waals surface area contributed by atoms with Gasteiger partial charge in [-0.15, -0.1) is 0 Å². The predicted molar refractivity (Wildman–Crippen MR) is 105 cm³/mol. The average molecular weight is 376 g/mol. The summed E-state index contributed by atoms with van der Waals surface area (Å²) in [4.78, 5) is 20.2. The van der Waals surface area contributed by atoms with Crippen molar-refractivity contribution in [3.05, 3.63) is 53.1 Å². The molecule has 0 radical (unpaired) electrons. The SMILES string of the molecule is CC(C)[C@H]1c2nc(-c3ccccc3)nn2CCN1C(=O)c1n[nH]c2c1CCC2. The van der Waals surface area contributed by atoms with Crippen molar-refractivity contribution in [1.29, 1.82) is 0 Å². The van der Waals surface area contributed by atoms with Gasteiger partial charge in [-0.25, -0.2) is 9.67 Å². The highest BCUT2D eigenvalue weighted by Crippen LogP contribution is 2.34. The summed E-state index contributed by atoms with van der Waals surface area (Å²) in [5.41, 5.74) is 3.81. The molecular weight excluding hydrogens is 352 g/mol. The van der Waals surface area contributed by atoms with Gasteiger partial charge in [-0.05, 0) is 25.2 Å². The van der Waals surface area contributed by atoms with Crippen molar-refractivity contribution in [3.8, 4) is 11.4 Å². The fraction of sp³-hybridized carbons (Fsp3) is 0.429. The van der Waals surface area contributed by atoms with Gasteiger partial charge in [-0.1, -0.05) is 44.2 Å². The number of aryl methyl sites for hydroxylation is 1. The summed E-state index contributed by atoms with van der Waals surface area (Å²) in [6, 6.07) is 9.88. The number of H-pyrrole nitrogens is 1. The lowest BCUT2D eigenvalue weighted by Crippen LogP contribution is -2.45. The Bertz CT molecular complexity index is 1020. The van der Waals surface area contributed by atoms with Gasteiger partial charge in [-0.3, -0.25) is 9.89 Å². The highest BCUT2D eigenvalue weighted by Gasteiger charge is 2.38. The average Bonchev–Trinajstić information content (AvgIpc) is 3.42. The Morgan fingerprint density at radius 1 is 1.18 bits per heavy atom. The number of amides is 1. The van der Waals surface area contributed by atoms with E-state index >= 15 is 0 Å². The first-order valence-electron chi connectivity index (χ1n) is 10.0. The summed E-state index contributed by atoms with van der Waals surface area (Å²) >= 11 is 0. The van der Waals surface area contributed by atoms with Crippen molar-refractivity contribution >= 4 is 5.91 Å². The van der Waals surface area contributed by atoms with Gasteiger partial charge in [-0.2, -0.15) is 10.2 Å². The molecule has 3 heterocycles. The third kappa shape index (κ3) is 2.65. The molecule has 3 aromatic rings. The van der Waals surface area contributed by atoms with Crippen LogP contribution in [0.25, 0.3) is 11.4 Å². The smallest absolute Gasteiger partial charge is 0.275 e. The maximum Gasteiger partial charge on any atom is 0.275 e. The van der Waals surface area contributed by atoms with Crippen LogP contribution < -0.4 is 0 Å². The minimum Gasteiger partial charge on any atom is -0.325 e. The number of rotatable bonds is 3. The lowest BCUT2D eigenvalue weighted by Gasteiger charge is -2.37. The van der Waals surface area contributed by atoms with Gasteiger partial charge in [0.2, 0.25) is 0 Å². The number of hydrogen-bond donors (Lipinski definition) is 1. The number of fused-ring (bicyclic) bond motifs is 2. The zero-order chi connectivity index (χ0) is 19.3. The Morgan fingerprint density at radius 3 is 2.79 bits per heavy atom. The Balaban J connectivity index is 1.51. The number of nitrogens with zero attached hydrogens (tertiary/aromatic N) is 5. The fourth-order valence-corrected chi connectivity index (χ4v) is 4.45. The van der Waals surface area contributed by atoms with Crippen LogP contribution in [-0.2, 0) is 19.4 Å². The van der Waals surface area contributed by atoms with E-state index in [0.717, 1.165) is 47.7 Å². The normalized spacial score (nSPS) is 18.4. The Kier molecular flexibility index (Phi) is 4.03. The molecule has 1 atom stereocenters. The molecule has 5 rings (SSSR count). The molecule has 1 amide bonds. The van der Waals surface area contributed by atoms with Crippen LogP contribution in [0, 0.1) is 5.92 Å². The highest BCUT2D eigenvalue weighted by molar-refractivity contribution is 5.94. The van der Waals surface area contributed by atoms with Crippen molar-refractivity contribution < 1.29 is 4.79 Å². The minimum absolute atomic E-state index is 0.00797. The summed E-state index contributed by atoms with van der Waals surface area (Å²) in [5.74, 6) is 1.81. The van der Waals surface area contributed by atoms with Gasteiger partial charge >= 0.3 is 0 Å². The molecule has 7 nitrogen and oxygen atoms in total. The first kappa shape index (κ1) is 17.2. The van der Waals surface area contributed by atoms with Gasteiger partial charge in [0.1, 0.15) is 0 Å². The molecule has 1 aromatic carbocycles. The number of carbonyl (C=O) groups excluding carboxylic acids is 1. The zero-order valence-electron chi connectivity index (χ0n) is 16.2. The number of aromatic nitrogens is 5. The maximum atomic E-state index is 13.4. The van der Waals surface area contributed by atoms with Crippen molar-refractivity contribution in [2.24, 2.45) is 5.92 Å². The van der Waals surface area contributed by atoms with Gasteiger partial charge in [0.05, 0.1) is 12.6 Å². The molecule has 144 valence electrons. The van der Waals surface area contributed by atoms with Crippen LogP contribution in [0.4, 0.5) is 0 Å². The molecule has 1 aliphatic carbocycles. The largest absolute Gasteiger partial charge is 0.325 e. The summed E-state index contributed by atoms with van der Waals surface area (Å²) in [6.07, 6.45) is 3.01. The summed E-state index contributed by atoms with van der Waals surface area (Å²) in [5, 5.41) is 12.1. The molecule has 7 heteroatoms. The monoisotopic (exact) mass is 376 g/mol. The zero-order valence-corrected chi connectivity index (χ0v) is 16.2. The molecular formula is C21H24N6O.